The standard InChI is InChI=1S/C28H39N3O4S/c1-20-10-9-11-21-14-15-23(26(25(20)21)27(32)33)30-36(34,35)24-13-6-5-12-22(24)29-18-28(2,3)19-31-16-7-4-8-17-31/h5-6,12-15,20,29-30H,4,7-11,16-19H2,1-3H3,(H,32,33). The molecule has 1 aliphatic carbocycles. The van der Waals surface area contributed by atoms with Crippen molar-refractivity contribution in [3.05, 3.63) is 53.1 Å². The van der Waals surface area contributed by atoms with E-state index in [0.717, 1.165) is 50.0 Å². The summed E-state index contributed by atoms with van der Waals surface area (Å²) in [5, 5.41) is 13.4. The van der Waals surface area contributed by atoms with Crippen molar-refractivity contribution in [2.24, 2.45) is 5.41 Å². The normalized spacial score (nSPS) is 18.9. The van der Waals surface area contributed by atoms with Crippen LogP contribution in [0.3, 0.4) is 0 Å². The lowest BCUT2D eigenvalue weighted by atomic mass is 9.80. The number of carboxylic acids is 1. The Bertz CT molecular complexity index is 1200. The summed E-state index contributed by atoms with van der Waals surface area (Å²) < 4.78 is 29.7. The van der Waals surface area contributed by atoms with Gasteiger partial charge in [-0.15, -0.1) is 0 Å². The van der Waals surface area contributed by atoms with Crippen LogP contribution in [0.15, 0.2) is 41.3 Å². The first-order chi connectivity index (χ1) is 17.1. The van der Waals surface area contributed by atoms with Gasteiger partial charge < -0.3 is 15.3 Å². The van der Waals surface area contributed by atoms with E-state index in [0.29, 0.717) is 12.2 Å². The van der Waals surface area contributed by atoms with Crippen LogP contribution in [0.25, 0.3) is 0 Å². The summed E-state index contributed by atoms with van der Waals surface area (Å²) in [4.78, 5) is 14.9. The second kappa shape index (κ2) is 10.8. The molecule has 2 aromatic rings. The van der Waals surface area contributed by atoms with Crippen LogP contribution in [-0.4, -0.2) is 50.6 Å². The maximum Gasteiger partial charge on any atom is 0.338 e. The van der Waals surface area contributed by atoms with Crippen LogP contribution in [-0.2, 0) is 16.4 Å². The van der Waals surface area contributed by atoms with E-state index < -0.39 is 16.0 Å². The predicted molar refractivity (Wildman–Crippen MR) is 145 cm³/mol. The first-order valence-corrected chi connectivity index (χ1v) is 14.5. The second-order valence-electron chi connectivity index (χ2n) is 11.1. The molecule has 2 aliphatic rings. The van der Waals surface area contributed by atoms with Crippen molar-refractivity contribution in [1.82, 2.24) is 4.90 Å². The molecule has 1 unspecified atom stereocenters. The number of benzene rings is 2. The highest BCUT2D eigenvalue weighted by Gasteiger charge is 2.29. The van der Waals surface area contributed by atoms with Crippen LogP contribution in [0.5, 0.6) is 0 Å². The van der Waals surface area contributed by atoms with Crippen LogP contribution < -0.4 is 10.0 Å². The number of nitrogens with zero attached hydrogens (tertiary/aromatic N) is 1. The lowest BCUT2D eigenvalue weighted by molar-refractivity contribution is 0.0696. The summed E-state index contributed by atoms with van der Waals surface area (Å²) >= 11 is 0. The van der Waals surface area contributed by atoms with E-state index in [2.05, 4.69) is 28.8 Å². The number of piperidine rings is 1. The van der Waals surface area contributed by atoms with Gasteiger partial charge in [0.25, 0.3) is 10.0 Å². The minimum Gasteiger partial charge on any atom is -0.478 e. The fraction of sp³-hybridized carbons (Fsp3) is 0.536. The van der Waals surface area contributed by atoms with Gasteiger partial charge in [-0.05, 0) is 85.9 Å². The molecule has 0 radical (unpaired) electrons. The number of anilines is 2. The zero-order chi connectivity index (χ0) is 25.9. The van der Waals surface area contributed by atoms with Crippen molar-refractivity contribution < 1.29 is 18.3 Å². The quantitative estimate of drug-likeness (QED) is 0.407. The smallest absolute Gasteiger partial charge is 0.338 e. The van der Waals surface area contributed by atoms with Gasteiger partial charge in [0.15, 0.2) is 0 Å². The molecule has 1 aliphatic heterocycles. The van der Waals surface area contributed by atoms with Gasteiger partial charge in [0.05, 0.1) is 16.9 Å². The monoisotopic (exact) mass is 513 g/mol. The molecular formula is C28H39N3O4S. The lowest BCUT2D eigenvalue weighted by Gasteiger charge is -2.35. The summed E-state index contributed by atoms with van der Waals surface area (Å²) in [5.41, 5.74) is 2.39. The van der Waals surface area contributed by atoms with Gasteiger partial charge >= 0.3 is 5.97 Å². The van der Waals surface area contributed by atoms with Crippen molar-refractivity contribution in [1.29, 1.82) is 0 Å². The van der Waals surface area contributed by atoms with Crippen LogP contribution >= 0.6 is 0 Å². The van der Waals surface area contributed by atoms with Gasteiger partial charge in [-0.25, -0.2) is 13.2 Å². The highest BCUT2D eigenvalue weighted by Crippen LogP contribution is 2.38. The average molecular weight is 514 g/mol. The van der Waals surface area contributed by atoms with E-state index in [1.54, 1.807) is 24.3 Å². The van der Waals surface area contributed by atoms with Gasteiger partial charge in [0.1, 0.15) is 4.90 Å². The molecule has 1 saturated heterocycles. The molecule has 1 heterocycles. The third-order valence-electron chi connectivity index (χ3n) is 7.40. The van der Waals surface area contributed by atoms with Crippen LogP contribution in [0.1, 0.15) is 80.3 Å². The Balaban J connectivity index is 1.56. The third kappa shape index (κ3) is 6.03. The van der Waals surface area contributed by atoms with E-state index >= 15 is 0 Å². The maximum atomic E-state index is 13.5. The second-order valence-corrected chi connectivity index (χ2v) is 12.8. The molecule has 0 bridgehead atoms. The first-order valence-electron chi connectivity index (χ1n) is 13.0. The Morgan fingerprint density at radius 1 is 1.06 bits per heavy atom. The number of sulfonamides is 1. The maximum absolute atomic E-state index is 13.5. The van der Waals surface area contributed by atoms with Crippen molar-refractivity contribution >= 4 is 27.4 Å². The predicted octanol–water partition coefficient (Wildman–Crippen LogP) is 5.55. The van der Waals surface area contributed by atoms with Crippen LogP contribution in [0.2, 0.25) is 0 Å². The average Bonchev–Trinajstić information content (AvgIpc) is 2.83. The van der Waals surface area contributed by atoms with Gasteiger partial charge in [-0.2, -0.15) is 0 Å². The molecule has 0 aromatic heterocycles. The van der Waals surface area contributed by atoms with Crippen LogP contribution in [0.4, 0.5) is 11.4 Å². The minimum absolute atomic E-state index is 0.0489. The number of fused-ring (bicyclic) bond motifs is 1. The molecule has 1 atom stereocenters. The Morgan fingerprint density at radius 2 is 1.78 bits per heavy atom. The number of rotatable bonds is 9. The zero-order valence-electron chi connectivity index (χ0n) is 21.6. The van der Waals surface area contributed by atoms with Crippen molar-refractivity contribution in [2.45, 2.75) is 70.1 Å². The molecule has 7 nitrogen and oxygen atoms in total. The number of para-hydroxylation sites is 1. The molecule has 4 rings (SSSR count). The molecule has 1 fully saturated rings. The highest BCUT2D eigenvalue weighted by atomic mass is 32.2. The fourth-order valence-electron chi connectivity index (χ4n) is 5.66. The van der Waals surface area contributed by atoms with E-state index in [1.165, 1.54) is 19.3 Å². The summed E-state index contributed by atoms with van der Waals surface area (Å²) in [6, 6.07) is 10.3. The molecule has 0 saturated carbocycles. The van der Waals surface area contributed by atoms with E-state index in [-0.39, 0.29) is 27.5 Å². The number of aryl methyl sites for hydroxylation is 1. The summed E-state index contributed by atoms with van der Waals surface area (Å²) in [5.74, 6) is -1.04. The largest absolute Gasteiger partial charge is 0.478 e. The number of carbonyl (C=O) groups is 1. The number of hydrogen-bond donors (Lipinski definition) is 3. The number of nitrogens with one attached hydrogen (secondary N) is 2. The first kappa shape index (κ1) is 26.5. The molecule has 0 amide bonds. The lowest BCUT2D eigenvalue weighted by Crippen LogP contribution is -2.41. The Labute approximate surface area is 215 Å². The zero-order valence-corrected chi connectivity index (χ0v) is 22.5. The topological polar surface area (TPSA) is 98.7 Å². The van der Waals surface area contributed by atoms with E-state index in [9.17, 15) is 18.3 Å². The summed E-state index contributed by atoms with van der Waals surface area (Å²) in [6.45, 7) is 10.2. The van der Waals surface area contributed by atoms with Crippen molar-refractivity contribution in [3.63, 3.8) is 0 Å². The molecule has 0 spiro atoms. The number of likely N-dealkylation sites (tertiary alicyclic amines) is 1. The van der Waals surface area contributed by atoms with E-state index in [4.69, 9.17) is 0 Å². The Hall–Kier alpha value is -2.58. The molecule has 36 heavy (non-hydrogen) atoms. The van der Waals surface area contributed by atoms with Gasteiger partial charge in [-0.1, -0.05) is 45.4 Å². The highest BCUT2D eigenvalue weighted by molar-refractivity contribution is 7.92. The number of hydrogen-bond acceptors (Lipinski definition) is 5. The van der Waals surface area contributed by atoms with Crippen molar-refractivity contribution in [2.75, 3.05) is 36.2 Å². The SMILES string of the molecule is CC1CCCc2ccc(NS(=O)(=O)c3ccccc3NCC(C)(C)CN3CCCCC3)c(C(=O)O)c21. The number of aromatic carboxylic acids is 1. The fourth-order valence-corrected chi connectivity index (χ4v) is 6.92. The molecular weight excluding hydrogens is 474 g/mol. The molecule has 2 aromatic carbocycles. The van der Waals surface area contributed by atoms with Gasteiger partial charge in [0, 0.05) is 13.1 Å². The number of carboxylic acid groups (broad SMARTS) is 1. The molecule has 8 heteroatoms. The molecule has 3 N–H and O–H groups in total. The Morgan fingerprint density at radius 3 is 2.50 bits per heavy atom. The van der Waals surface area contributed by atoms with Crippen LogP contribution in [0, 0.1) is 5.41 Å². The summed E-state index contributed by atoms with van der Waals surface area (Å²) in [7, 11) is -4.03. The Kier molecular flexibility index (Phi) is 7.95. The third-order valence-corrected chi connectivity index (χ3v) is 8.83. The summed E-state index contributed by atoms with van der Waals surface area (Å²) in [6.07, 6.45) is 6.47. The molecule has 196 valence electrons. The van der Waals surface area contributed by atoms with Gasteiger partial charge in [0.2, 0.25) is 0 Å². The van der Waals surface area contributed by atoms with E-state index in [1.807, 2.05) is 19.1 Å². The van der Waals surface area contributed by atoms with Gasteiger partial charge in [-0.3, -0.25) is 4.72 Å². The minimum atomic E-state index is -4.03. The van der Waals surface area contributed by atoms with Crippen molar-refractivity contribution in [3.8, 4) is 0 Å².